The quantitative estimate of drug-likeness (QED) is 0.866. The van der Waals surface area contributed by atoms with Crippen molar-refractivity contribution in [2.45, 2.75) is 6.92 Å². The van der Waals surface area contributed by atoms with Crippen LogP contribution in [0.2, 0.25) is 0 Å². The van der Waals surface area contributed by atoms with E-state index in [1.165, 1.54) is 0 Å². The molecule has 2 aliphatic heterocycles. The molecule has 2 N–H and O–H groups in total. The van der Waals surface area contributed by atoms with Gasteiger partial charge in [0.15, 0.2) is 11.5 Å². The number of hydrogen-bond acceptors (Lipinski definition) is 5. The van der Waals surface area contributed by atoms with Crippen LogP contribution < -0.4 is 15.2 Å². The molecule has 2 amide bonds. The lowest BCUT2D eigenvalue weighted by Gasteiger charge is -2.36. The molecule has 0 radical (unpaired) electrons. The SMILES string of the molecule is CC(CN)C(=O)N1CCN(C(=O)c2ccc3c(c2)OCO3)CC1. The minimum absolute atomic E-state index is 0.0535. The molecule has 7 nitrogen and oxygen atoms in total. The molecule has 2 heterocycles. The Morgan fingerprint density at radius 3 is 2.48 bits per heavy atom. The van der Waals surface area contributed by atoms with Gasteiger partial charge in [-0.1, -0.05) is 6.92 Å². The molecular formula is C16H21N3O4. The average molecular weight is 319 g/mol. The number of piperazine rings is 1. The molecule has 0 saturated carbocycles. The molecule has 0 bridgehead atoms. The van der Waals surface area contributed by atoms with Crippen molar-refractivity contribution in [1.29, 1.82) is 0 Å². The van der Waals surface area contributed by atoms with E-state index in [9.17, 15) is 9.59 Å². The number of nitrogens with two attached hydrogens (primary N) is 1. The average Bonchev–Trinajstić information content (AvgIpc) is 3.07. The summed E-state index contributed by atoms with van der Waals surface area (Å²) in [6.45, 7) is 4.49. The van der Waals surface area contributed by atoms with Gasteiger partial charge in [0, 0.05) is 44.2 Å². The first-order chi connectivity index (χ1) is 11.1. The second kappa shape index (κ2) is 6.45. The van der Waals surface area contributed by atoms with E-state index in [0.29, 0.717) is 49.8 Å². The number of rotatable bonds is 3. The fraction of sp³-hybridized carbons (Fsp3) is 0.500. The third kappa shape index (κ3) is 3.10. The highest BCUT2D eigenvalue weighted by Gasteiger charge is 2.27. The van der Waals surface area contributed by atoms with Crippen molar-refractivity contribution >= 4 is 11.8 Å². The zero-order chi connectivity index (χ0) is 16.4. The van der Waals surface area contributed by atoms with Crippen molar-refractivity contribution in [2.24, 2.45) is 11.7 Å². The number of carbonyl (C=O) groups excluding carboxylic acids is 2. The summed E-state index contributed by atoms with van der Waals surface area (Å²) < 4.78 is 10.6. The molecule has 124 valence electrons. The zero-order valence-electron chi connectivity index (χ0n) is 13.2. The first-order valence-corrected chi connectivity index (χ1v) is 7.78. The van der Waals surface area contributed by atoms with E-state index >= 15 is 0 Å². The summed E-state index contributed by atoms with van der Waals surface area (Å²) in [4.78, 5) is 28.2. The minimum Gasteiger partial charge on any atom is -0.454 e. The lowest BCUT2D eigenvalue weighted by molar-refractivity contribution is -0.136. The molecule has 1 aromatic carbocycles. The predicted molar refractivity (Wildman–Crippen MR) is 83.3 cm³/mol. The largest absolute Gasteiger partial charge is 0.454 e. The number of fused-ring (bicyclic) bond motifs is 1. The van der Waals surface area contributed by atoms with Gasteiger partial charge in [0.2, 0.25) is 12.7 Å². The predicted octanol–water partition coefficient (Wildman–Crippen LogP) is 0.295. The van der Waals surface area contributed by atoms with Gasteiger partial charge in [-0.2, -0.15) is 0 Å². The van der Waals surface area contributed by atoms with Crippen LogP contribution >= 0.6 is 0 Å². The van der Waals surface area contributed by atoms with Gasteiger partial charge in [-0.15, -0.1) is 0 Å². The topological polar surface area (TPSA) is 85.1 Å². The lowest BCUT2D eigenvalue weighted by Crippen LogP contribution is -2.52. The summed E-state index contributed by atoms with van der Waals surface area (Å²) >= 11 is 0. The Labute approximate surface area is 134 Å². The summed E-state index contributed by atoms with van der Waals surface area (Å²) in [5.41, 5.74) is 6.12. The second-order valence-electron chi connectivity index (χ2n) is 5.82. The maximum atomic E-state index is 12.6. The van der Waals surface area contributed by atoms with Crippen LogP contribution in [0.25, 0.3) is 0 Å². The number of ether oxygens (including phenoxy) is 2. The molecular weight excluding hydrogens is 298 g/mol. The molecule has 0 spiro atoms. The van der Waals surface area contributed by atoms with Crippen LogP contribution in [-0.2, 0) is 4.79 Å². The lowest BCUT2D eigenvalue weighted by atomic mass is 10.1. The molecule has 2 aliphatic rings. The molecule has 23 heavy (non-hydrogen) atoms. The molecule has 1 aromatic rings. The third-order valence-electron chi connectivity index (χ3n) is 4.27. The first-order valence-electron chi connectivity index (χ1n) is 7.78. The molecule has 0 aromatic heterocycles. The number of nitrogens with zero attached hydrogens (tertiary/aromatic N) is 2. The van der Waals surface area contributed by atoms with E-state index in [2.05, 4.69) is 0 Å². The van der Waals surface area contributed by atoms with Crippen LogP contribution in [0, 0.1) is 5.92 Å². The van der Waals surface area contributed by atoms with Crippen molar-refractivity contribution in [1.82, 2.24) is 9.80 Å². The van der Waals surface area contributed by atoms with Crippen LogP contribution in [0.1, 0.15) is 17.3 Å². The monoisotopic (exact) mass is 319 g/mol. The fourth-order valence-electron chi connectivity index (χ4n) is 2.75. The Bertz CT molecular complexity index is 611. The van der Waals surface area contributed by atoms with Crippen molar-refractivity contribution in [2.75, 3.05) is 39.5 Å². The van der Waals surface area contributed by atoms with Crippen LogP contribution in [0.4, 0.5) is 0 Å². The van der Waals surface area contributed by atoms with Gasteiger partial charge in [0.05, 0.1) is 0 Å². The van der Waals surface area contributed by atoms with E-state index < -0.39 is 0 Å². The van der Waals surface area contributed by atoms with Crippen molar-refractivity contribution in [3.05, 3.63) is 23.8 Å². The zero-order valence-corrected chi connectivity index (χ0v) is 13.2. The summed E-state index contributed by atoms with van der Waals surface area (Å²) in [6.07, 6.45) is 0. The Kier molecular flexibility index (Phi) is 4.38. The third-order valence-corrected chi connectivity index (χ3v) is 4.27. The Morgan fingerprint density at radius 2 is 1.78 bits per heavy atom. The number of benzene rings is 1. The van der Waals surface area contributed by atoms with Gasteiger partial charge in [0.25, 0.3) is 5.91 Å². The molecule has 0 aliphatic carbocycles. The molecule has 1 saturated heterocycles. The number of amides is 2. The molecule has 1 atom stereocenters. The van der Waals surface area contributed by atoms with Crippen LogP contribution in [-0.4, -0.2) is 61.1 Å². The van der Waals surface area contributed by atoms with E-state index in [1.54, 1.807) is 28.0 Å². The van der Waals surface area contributed by atoms with E-state index in [-0.39, 0.29) is 24.5 Å². The Balaban J connectivity index is 1.61. The highest BCUT2D eigenvalue weighted by Crippen LogP contribution is 2.32. The van der Waals surface area contributed by atoms with E-state index in [4.69, 9.17) is 15.2 Å². The van der Waals surface area contributed by atoms with Gasteiger partial charge in [-0.25, -0.2) is 0 Å². The van der Waals surface area contributed by atoms with Gasteiger partial charge >= 0.3 is 0 Å². The van der Waals surface area contributed by atoms with E-state index in [0.717, 1.165) is 0 Å². The minimum atomic E-state index is -0.175. The van der Waals surface area contributed by atoms with Crippen LogP contribution in [0.5, 0.6) is 11.5 Å². The van der Waals surface area contributed by atoms with Crippen LogP contribution in [0.3, 0.4) is 0 Å². The molecule has 1 fully saturated rings. The fourth-order valence-corrected chi connectivity index (χ4v) is 2.75. The van der Waals surface area contributed by atoms with Gasteiger partial charge in [-0.05, 0) is 18.2 Å². The standard InChI is InChI=1S/C16H21N3O4/c1-11(9-17)15(20)18-4-6-19(7-5-18)16(21)12-2-3-13-14(8-12)23-10-22-13/h2-3,8,11H,4-7,9-10,17H2,1H3. The van der Waals surface area contributed by atoms with Crippen molar-refractivity contribution in [3.8, 4) is 11.5 Å². The summed E-state index contributed by atoms with van der Waals surface area (Å²) in [5, 5.41) is 0. The van der Waals surface area contributed by atoms with Crippen molar-refractivity contribution in [3.63, 3.8) is 0 Å². The van der Waals surface area contributed by atoms with Crippen LogP contribution in [0.15, 0.2) is 18.2 Å². The summed E-state index contributed by atoms with van der Waals surface area (Å²) in [5.74, 6) is 1.09. The maximum Gasteiger partial charge on any atom is 0.254 e. The highest BCUT2D eigenvalue weighted by atomic mass is 16.7. The van der Waals surface area contributed by atoms with Gasteiger partial charge < -0.3 is 25.0 Å². The molecule has 1 unspecified atom stereocenters. The summed E-state index contributed by atoms with van der Waals surface area (Å²) in [7, 11) is 0. The van der Waals surface area contributed by atoms with Gasteiger partial charge in [0.1, 0.15) is 0 Å². The van der Waals surface area contributed by atoms with E-state index in [1.807, 2.05) is 6.92 Å². The highest BCUT2D eigenvalue weighted by molar-refractivity contribution is 5.95. The summed E-state index contributed by atoms with van der Waals surface area (Å²) in [6, 6.07) is 5.20. The second-order valence-corrected chi connectivity index (χ2v) is 5.82. The Morgan fingerprint density at radius 1 is 1.13 bits per heavy atom. The smallest absolute Gasteiger partial charge is 0.254 e. The van der Waals surface area contributed by atoms with Crippen molar-refractivity contribution < 1.29 is 19.1 Å². The number of carbonyl (C=O) groups is 2. The normalized spacial score (nSPS) is 18.0. The first kappa shape index (κ1) is 15.6. The molecule has 3 rings (SSSR count). The maximum absolute atomic E-state index is 12.6. The Hall–Kier alpha value is -2.28. The molecule has 7 heteroatoms. The van der Waals surface area contributed by atoms with Gasteiger partial charge in [-0.3, -0.25) is 9.59 Å². The number of hydrogen-bond donors (Lipinski definition) is 1.